The number of hydrogen-bond acceptors (Lipinski definition) is 3. The Labute approximate surface area is 111 Å². The van der Waals surface area contributed by atoms with E-state index in [2.05, 4.69) is 17.9 Å². The van der Waals surface area contributed by atoms with E-state index in [9.17, 15) is 4.79 Å². The predicted octanol–water partition coefficient (Wildman–Crippen LogP) is 2.54. The highest BCUT2D eigenvalue weighted by molar-refractivity contribution is 7.81. The summed E-state index contributed by atoms with van der Waals surface area (Å²) < 4.78 is 0. The third-order valence-corrected chi connectivity index (χ3v) is 3.09. The van der Waals surface area contributed by atoms with Crippen molar-refractivity contribution in [2.45, 2.75) is 57.8 Å². The average Bonchev–Trinajstić information content (AvgIpc) is 2.35. The lowest BCUT2D eigenvalue weighted by Crippen LogP contribution is -2.25. The highest BCUT2D eigenvalue weighted by atomic mass is 32.1. The van der Waals surface area contributed by atoms with Crippen molar-refractivity contribution in [2.75, 3.05) is 18.9 Å². The molecular weight excluding hydrogens is 234 g/mol. The van der Waals surface area contributed by atoms with E-state index in [1.165, 1.54) is 38.5 Å². The maximum Gasteiger partial charge on any atom is 0.229 e. The molecule has 0 saturated heterocycles. The highest BCUT2D eigenvalue weighted by Gasteiger charge is 1.96. The van der Waals surface area contributed by atoms with Gasteiger partial charge in [-0.3, -0.25) is 4.79 Å². The van der Waals surface area contributed by atoms with E-state index in [1.54, 1.807) is 0 Å². The number of rotatable bonds is 12. The molecule has 102 valence electrons. The van der Waals surface area contributed by atoms with E-state index in [1.807, 2.05) is 0 Å². The van der Waals surface area contributed by atoms with E-state index < -0.39 is 0 Å². The number of nitrogens with one attached hydrogen (secondary N) is 1. The van der Waals surface area contributed by atoms with Gasteiger partial charge in [0.1, 0.15) is 0 Å². The van der Waals surface area contributed by atoms with Gasteiger partial charge < -0.3 is 10.4 Å². The largest absolute Gasteiger partial charge is 0.396 e. The van der Waals surface area contributed by atoms with Gasteiger partial charge in [-0.2, -0.15) is 12.6 Å². The zero-order valence-corrected chi connectivity index (χ0v) is 11.7. The number of aliphatic hydroxyl groups excluding tert-OH is 1. The lowest BCUT2D eigenvalue weighted by molar-refractivity contribution is -0.118. The van der Waals surface area contributed by atoms with Crippen molar-refractivity contribution in [1.29, 1.82) is 0 Å². The molecule has 0 aromatic heterocycles. The van der Waals surface area contributed by atoms with Crippen molar-refractivity contribution >= 4 is 18.5 Å². The molecule has 0 aromatic rings. The van der Waals surface area contributed by atoms with E-state index in [0.717, 1.165) is 25.8 Å². The summed E-state index contributed by atoms with van der Waals surface area (Å²) in [5.41, 5.74) is 0. The number of hydrogen-bond donors (Lipinski definition) is 3. The second kappa shape index (κ2) is 13.8. The Kier molecular flexibility index (Phi) is 13.7. The van der Waals surface area contributed by atoms with E-state index in [4.69, 9.17) is 5.11 Å². The Morgan fingerprint density at radius 1 is 0.882 bits per heavy atom. The van der Waals surface area contributed by atoms with Crippen molar-refractivity contribution in [3.05, 3.63) is 0 Å². The minimum atomic E-state index is 0.0252. The zero-order chi connectivity index (χ0) is 12.8. The predicted molar refractivity (Wildman–Crippen MR) is 75.5 cm³/mol. The Balaban J connectivity index is 2.96. The minimum absolute atomic E-state index is 0.0252. The number of carbonyl (C=O) groups excluding carboxylic acids is 1. The van der Waals surface area contributed by atoms with Gasteiger partial charge >= 0.3 is 0 Å². The molecule has 0 rings (SSSR count). The van der Waals surface area contributed by atoms with Crippen molar-refractivity contribution in [1.82, 2.24) is 5.32 Å². The normalized spacial score (nSPS) is 10.5. The number of aliphatic hydroxyl groups is 1. The van der Waals surface area contributed by atoms with Gasteiger partial charge in [0.25, 0.3) is 0 Å². The van der Waals surface area contributed by atoms with Crippen molar-refractivity contribution in [2.24, 2.45) is 0 Å². The maximum absolute atomic E-state index is 10.9. The molecule has 0 bridgehead atoms. The first-order valence-corrected chi connectivity index (χ1v) is 7.43. The summed E-state index contributed by atoms with van der Waals surface area (Å²) in [6, 6.07) is 0. The van der Waals surface area contributed by atoms with Crippen LogP contribution in [-0.2, 0) is 4.79 Å². The van der Waals surface area contributed by atoms with Crippen LogP contribution in [0.1, 0.15) is 57.8 Å². The lowest BCUT2D eigenvalue weighted by Gasteiger charge is -2.03. The molecule has 0 aliphatic carbocycles. The summed E-state index contributed by atoms with van der Waals surface area (Å²) in [6.07, 6.45) is 10.8. The Hall–Kier alpha value is -0.220. The molecule has 1 amide bonds. The second-order valence-corrected chi connectivity index (χ2v) is 4.73. The van der Waals surface area contributed by atoms with Crippen molar-refractivity contribution in [3.8, 4) is 0 Å². The van der Waals surface area contributed by atoms with Crippen LogP contribution in [0.4, 0.5) is 0 Å². The van der Waals surface area contributed by atoms with Gasteiger partial charge in [0.05, 0.1) is 5.75 Å². The maximum atomic E-state index is 10.9. The van der Waals surface area contributed by atoms with Gasteiger partial charge in [-0.25, -0.2) is 0 Å². The van der Waals surface area contributed by atoms with Crippen molar-refractivity contribution < 1.29 is 9.90 Å². The zero-order valence-electron chi connectivity index (χ0n) is 10.8. The molecule has 0 aliphatic heterocycles. The summed E-state index contributed by atoms with van der Waals surface area (Å²) in [5, 5.41) is 11.4. The van der Waals surface area contributed by atoms with E-state index in [-0.39, 0.29) is 11.7 Å². The number of amides is 1. The van der Waals surface area contributed by atoms with Crippen LogP contribution >= 0.6 is 12.6 Å². The van der Waals surface area contributed by atoms with Crippen LogP contribution < -0.4 is 5.32 Å². The quantitative estimate of drug-likeness (QED) is 0.373. The number of thiol groups is 1. The number of unbranched alkanes of at least 4 members (excludes halogenated alkanes) is 8. The first-order chi connectivity index (χ1) is 8.31. The summed E-state index contributed by atoms with van der Waals surface area (Å²) >= 11 is 3.89. The van der Waals surface area contributed by atoms with Crippen LogP contribution in [0.2, 0.25) is 0 Å². The van der Waals surface area contributed by atoms with Gasteiger partial charge in [-0.15, -0.1) is 0 Å². The van der Waals surface area contributed by atoms with E-state index in [0.29, 0.717) is 6.61 Å². The number of carbonyl (C=O) groups is 1. The topological polar surface area (TPSA) is 49.3 Å². The van der Waals surface area contributed by atoms with Gasteiger partial charge in [-0.05, 0) is 12.8 Å². The third kappa shape index (κ3) is 13.7. The molecule has 3 nitrogen and oxygen atoms in total. The van der Waals surface area contributed by atoms with Crippen LogP contribution in [0.25, 0.3) is 0 Å². The summed E-state index contributed by atoms with van der Waals surface area (Å²) in [6.45, 7) is 1.12. The molecule has 0 atom stereocenters. The van der Waals surface area contributed by atoms with Crippen LogP contribution in [-0.4, -0.2) is 29.9 Å². The Morgan fingerprint density at radius 3 is 1.82 bits per heavy atom. The van der Waals surface area contributed by atoms with Gasteiger partial charge in [0.15, 0.2) is 0 Å². The second-order valence-electron chi connectivity index (χ2n) is 4.41. The standard InChI is InChI=1S/C13H27NO2S/c15-11-9-7-5-3-1-2-4-6-8-10-14-13(16)12-17/h15,17H,1-12H2,(H,14,16). The molecule has 0 aliphatic rings. The lowest BCUT2D eigenvalue weighted by atomic mass is 10.1. The Morgan fingerprint density at radius 2 is 1.35 bits per heavy atom. The summed E-state index contributed by atoms with van der Waals surface area (Å²) in [7, 11) is 0. The molecule has 0 unspecified atom stereocenters. The molecular formula is C13H27NO2S. The SMILES string of the molecule is O=C(CS)NCCCCCCCCCCCO. The van der Waals surface area contributed by atoms with Gasteiger partial charge in [-0.1, -0.05) is 44.9 Å². The van der Waals surface area contributed by atoms with Crippen LogP contribution in [0.15, 0.2) is 0 Å². The van der Waals surface area contributed by atoms with Gasteiger partial charge in [0.2, 0.25) is 5.91 Å². The van der Waals surface area contributed by atoms with Crippen LogP contribution in [0.5, 0.6) is 0 Å². The molecule has 0 saturated carbocycles. The fourth-order valence-electron chi connectivity index (χ4n) is 1.76. The first kappa shape index (κ1) is 16.8. The highest BCUT2D eigenvalue weighted by Crippen LogP contribution is 2.09. The van der Waals surface area contributed by atoms with Crippen LogP contribution in [0.3, 0.4) is 0 Å². The molecule has 0 radical (unpaired) electrons. The van der Waals surface area contributed by atoms with Crippen molar-refractivity contribution in [3.63, 3.8) is 0 Å². The summed E-state index contributed by atoms with van der Waals surface area (Å²) in [4.78, 5) is 10.9. The molecule has 0 aromatic carbocycles. The molecule has 0 fully saturated rings. The van der Waals surface area contributed by atoms with Crippen LogP contribution in [0, 0.1) is 0 Å². The molecule has 17 heavy (non-hydrogen) atoms. The van der Waals surface area contributed by atoms with E-state index >= 15 is 0 Å². The molecule has 0 heterocycles. The third-order valence-electron chi connectivity index (χ3n) is 2.80. The molecule has 2 N–H and O–H groups in total. The average molecular weight is 261 g/mol. The van der Waals surface area contributed by atoms with Gasteiger partial charge in [0, 0.05) is 13.2 Å². The monoisotopic (exact) mass is 261 g/mol. The minimum Gasteiger partial charge on any atom is -0.396 e. The Bertz CT molecular complexity index is 177. The fraction of sp³-hybridized carbons (Fsp3) is 0.923. The molecule has 4 heteroatoms. The smallest absolute Gasteiger partial charge is 0.229 e. The molecule has 0 spiro atoms. The fourth-order valence-corrected chi connectivity index (χ4v) is 1.87. The summed E-state index contributed by atoms with van der Waals surface area (Å²) in [5.74, 6) is 0.311. The first-order valence-electron chi connectivity index (χ1n) is 6.79.